The van der Waals surface area contributed by atoms with E-state index in [1.54, 1.807) is 0 Å². The minimum absolute atomic E-state index is 0.0290. The molecule has 0 saturated carbocycles. The Kier molecular flexibility index (Phi) is 2.90. The maximum Gasteiger partial charge on any atom is 0.0601 e. The number of hydrogen-bond donors (Lipinski definition) is 0. The van der Waals surface area contributed by atoms with E-state index in [-0.39, 0.29) is 5.54 Å². The summed E-state index contributed by atoms with van der Waals surface area (Å²) in [7, 11) is 0. The van der Waals surface area contributed by atoms with Crippen molar-refractivity contribution >= 4 is 6.08 Å². The van der Waals surface area contributed by atoms with Crippen LogP contribution < -0.4 is 0 Å². The van der Waals surface area contributed by atoms with Crippen LogP contribution in [0, 0.1) is 0 Å². The monoisotopic (exact) mass is 249 g/mol. The summed E-state index contributed by atoms with van der Waals surface area (Å²) in [5, 5.41) is 0. The van der Waals surface area contributed by atoms with E-state index in [1.807, 2.05) is 0 Å². The summed E-state index contributed by atoms with van der Waals surface area (Å²) in [4.78, 5) is 2.41. The van der Waals surface area contributed by atoms with Crippen LogP contribution in [0.3, 0.4) is 0 Å². The normalized spacial score (nSPS) is 16.2. The second kappa shape index (κ2) is 4.58. The third kappa shape index (κ3) is 2.17. The molecule has 0 fully saturated rings. The fraction of sp³-hybridized carbons (Fsp3) is 0.222. The van der Waals surface area contributed by atoms with Crippen LogP contribution in [0.2, 0.25) is 0 Å². The van der Waals surface area contributed by atoms with Gasteiger partial charge >= 0.3 is 0 Å². The highest BCUT2D eigenvalue weighted by Crippen LogP contribution is 2.36. The first kappa shape index (κ1) is 12.0. The molecule has 0 N–H and O–H groups in total. The predicted molar refractivity (Wildman–Crippen MR) is 80.5 cm³/mol. The van der Waals surface area contributed by atoms with Crippen LogP contribution in [0.15, 0.2) is 60.8 Å². The van der Waals surface area contributed by atoms with Gasteiger partial charge in [0.1, 0.15) is 0 Å². The average molecular weight is 249 g/mol. The zero-order valence-electron chi connectivity index (χ0n) is 11.5. The van der Waals surface area contributed by atoms with Gasteiger partial charge in [-0.25, -0.2) is 0 Å². The standard InChI is InChI=1S/C18H19N/c1-18(2)17-11-7-6-10-16(17)12-13-19(18)14-15-8-4-3-5-9-15/h3-13H,14H2,1-2H3. The molecule has 1 aliphatic rings. The van der Waals surface area contributed by atoms with E-state index < -0.39 is 0 Å². The Balaban J connectivity index is 1.94. The van der Waals surface area contributed by atoms with Crippen LogP contribution in [0.5, 0.6) is 0 Å². The van der Waals surface area contributed by atoms with Gasteiger partial charge in [-0.05, 0) is 36.6 Å². The van der Waals surface area contributed by atoms with Crippen molar-refractivity contribution < 1.29 is 0 Å². The van der Waals surface area contributed by atoms with E-state index in [9.17, 15) is 0 Å². The van der Waals surface area contributed by atoms with Crippen molar-refractivity contribution in [2.75, 3.05) is 0 Å². The van der Waals surface area contributed by atoms with Gasteiger partial charge in [-0.3, -0.25) is 0 Å². The number of benzene rings is 2. The summed E-state index contributed by atoms with van der Waals surface area (Å²) in [5.41, 5.74) is 4.10. The minimum Gasteiger partial charge on any atom is -0.364 e. The maximum absolute atomic E-state index is 2.41. The van der Waals surface area contributed by atoms with Crippen LogP contribution >= 0.6 is 0 Å². The molecule has 2 aromatic carbocycles. The van der Waals surface area contributed by atoms with Crippen LogP contribution in [0.4, 0.5) is 0 Å². The average Bonchev–Trinajstić information content (AvgIpc) is 2.44. The van der Waals surface area contributed by atoms with Crippen molar-refractivity contribution in [1.29, 1.82) is 0 Å². The fourth-order valence-corrected chi connectivity index (χ4v) is 2.74. The molecule has 1 aliphatic heterocycles. The van der Waals surface area contributed by atoms with Crippen molar-refractivity contribution in [3.05, 3.63) is 77.5 Å². The highest BCUT2D eigenvalue weighted by molar-refractivity contribution is 5.58. The van der Waals surface area contributed by atoms with Crippen molar-refractivity contribution in [2.45, 2.75) is 25.9 Å². The molecule has 0 radical (unpaired) electrons. The molecule has 0 atom stereocenters. The lowest BCUT2D eigenvalue weighted by molar-refractivity contribution is 0.175. The molecule has 0 aliphatic carbocycles. The lowest BCUT2D eigenvalue weighted by Crippen LogP contribution is -2.39. The molecule has 0 spiro atoms. The minimum atomic E-state index is 0.0290. The summed E-state index contributed by atoms with van der Waals surface area (Å²) < 4.78 is 0. The Morgan fingerprint density at radius 3 is 2.37 bits per heavy atom. The second-order valence-corrected chi connectivity index (χ2v) is 5.58. The van der Waals surface area contributed by atoms with E-state index in [0.29, 0.717) is 0 Å². The Morgan fingerprint density at radius 2 is 1.58 bits per heavy atom. The van der Waals surface area contributed by atoms with E-state index in [0.717, 1.165) is 6.54 Å². The molecular formula is C18H19N. The van der Waals surface area contributed by atoms with Gasteiger partial charge in [-0.15, -0.1) is 0 Å². The van der Waals surface area contributed by atoms with E-state index in [1.165, 1.54) is 16.7 Å². The molecule has 1 heterocycles. The fourth-order valence-electron chi connectivity index (χ4n) is 2.74. The lowest BCUT2D eigenvalue weighted by atomic mass is 9.85. The first-order valence-corrected chi connectivity index (χ1v) is 6.76. The molecule has 0 saturated heterocycles. The van der Waals surface area contributed by atoms with E-state index >= 15 is 0 Å². The number of nitrogens with zero attached hydrogens (tertiary/aromatic N) is 1. The number of fused-ring (bicyclic) bond motifs is 1. The van der Waals surface area contributed by atoms with Gasteiger partial charge in [0.15, 0.2) is 0 Å². The van der Waals surface area contributed by atoms with Gasteiger partial charge in [0.05, 0.1) is 5.54 Å². The zero-order chi connectivity index (χ0) is 13.3. The quantitative estimate of drug-likeness (QED) is 0.762. The summed E-state index contributed by atoms with van der Waals surface area (Å²) in [6.45, 7) is 5.52. The molecule has 1 heteroatoms. The molecule has 96 valence electrons. The predicted octanol–water partition coefficient (Wildman–Crippen LogP) is 4.41. The van der Waals surface area contributed by atoms with Crippen LogP contribution in [-0.2, 0) is 12.1 Å². The molecule has 0 unspecified atom stereocenters. The summed E-state index contributed by atoms with van der Waals surface area (Å²) in [6.07, 6.45) is 4.43. The third-order valence-electron chi connectivity index (χ3n) is 3.97. The molecule has 2 aromatic rings. The Hall–Kier alpha value is -2.02. The van der Waals surface area contributed by atoms with Crippen LogP contribution in [-0.4, -0.2) is 4.90 Å². The van der Waals surface area contributed by atoms with E-state index in [2.05, 4.69) is 85.6 Å². The molecule has 0 aromatic heterocycles. The topological polar surface area (TPSA) is 3.24 Å². The van der Waals surface area contributed by atoms with Gasteiger partial charge in [0.25, 0.3) is 0 Å². The van der Waals surface area contributed by atoms with Gasteiger partial charge in [0.2, 0.25) is 0 Å². The van der Waals surface area contributed by atoms with Crippen LogP contribution in [0.1, 0.15) is 30.5 Å². The third-order valence-corrected chi connectivity index (χ3v) is 3.97. The van der Waals surface area contributed by atoms with Gasteiger partial charge in [-0.2, -0.15) is 0 Å². The Bertz CT molecular complexity index is 596. The largest absolute Gasteiger partial charge is 0.364 e. The van der Waals surface area contributed by atoms with Gasteiger partial charge in [0, 0.05) is 12.7 Å². The van der Waals surface area contributed by atoms with Crippen molar-refractivity contribution in [3.8, 4) is 0 Å². The number of hydrogen-bond acceptors (Lipinski definition) is 1. The molecule has 19 heavy (non-hydrogen) atoms. The van der Waals surface area contributed by atoms with Gasteiger partial charge < -0.3 is 4.90 Å². The molecule has 3 rings (SSSR count). The maximum atomic E-state index is 2.41. The first-order valence-electron chi connectivity index (χ1n) is 6.76. The second-order valence-electron chi connectivity index (χ2n) is 5.58. The first-order chi connectivity index (χ1) is 9.18. The van der Waals surface area contributed by atoms with Crippen molar-refractivity contribution in [1.82, 2.24) is 4.90 Å². The molecule has 1 nitrogen and oxygen atoms in total. The SMILES string of the molecule is CC1(C)c2ccccc2C=CN1Cc1ccccc1. The van der Waals surface area contributed by atoms with Gasteiger partial charge in [-0.1, -0.05) is 54.6 Å². The zero-order valence-corrected chi connectivity index (χ0v) is 11.5. The lowest BCUT2D eigenvalue weighted by Gasteiger charge is -2.42. The summed E-state index contributed by atoms with van der Waals surface area (Å²) in [5.74, 6) is 0. The molecule has 0 amide bonds. The highest BCUT2D eigenvalue weighted by Gasteiger charge is 2.30. The summed E-state index contributed by atoms with van der Waals surface area (Å²) in [6, 6.07) is 19.3. The smallest absolute Gasteiger partial charge is 0.0601 e. The number of rotatable bonds is 2. The summed E-state index contributed by atoms with van der Waals surface area (Å²) >= 11 is 0. The van der Waals surface area contributed by atoms with E-state index in [4.69, 9.17) is 0 Å². The Morgan fingerprint density at radius 1 is 0.895 bits per heavy atom. The Labute approximate surface area is 115 Å². The van der Waals surface area contributed by atoms with Crippen LogP contribution in [0.25, 0.3) is 6.08 Å². The molecular weight excluding hydrogens is 230 g/mol. The van der Waals surface area contributed by atoms with Crippen molar-refractivity contribution in [3.63, 3.8) is 0 Å². The molecule has 0 bridgehead atoms. The van der Waals surface area contributed by atoms with Crippen molar-refractivity contribution in [2.24, 2.45) is 0 Å². The highest BCUT2D eigenvalue weighted by atomic mass is 15.2.